The molecule has 6 nitrogen and oxygen atoms in total. The molecule has 0 radical (unpaired) electrons. The van der Waals surface area contributed by atoms with Gasteiger partial charge in [-0.2, -0.15) is 0 Å². The van der Waals surface area contributed by atoms with E-state index in [0.717, 1.165) is 24.4 Å². The molecule has 2 saturated carbocycles. The van der Waals surface area contributed by atoms with Gasteiger partial charge in [0.2, 0.25) is 0 Å². The lowest BCUT2D eigenvalue weighted by Crippen LogP contribution is -2.32. The molecule has 1 aromatic carbocycles. The summed E-state index contributed by atoms with van der Waals surface area (Å²) in [6.07, 6.45) is 3.23. The van der Waals surface area contributed by atoms with Crippen LogP contribution in [0.15, 0.2) is 34.7 Å². The molecule has 2 aliphatic carbocycles. The van der Waals surface area contributed by atoms with E-state index >= 15 is 0 Å². The Balaban J connectivity index is 1.35. The molecule has 2 fully saturated rings. The fourth-order valence-corrected chi connectivity index (χ4v) is 3.69. The standard InChI is InChI=1S/C21H22N2O4/c1-12-8-16(12)18-7-5-15(27-18)10-23(14-3-4-14)21(25)13-2-6-17-19(9-13)26-11-20(24)22-17/h2,5-7,9,12,14,16H,3-4,8,10-11H2,1H3,(H,22,24). The highest BCUT2D eigenvalue weighted by Gasteiger charge is 2.38. The molecule has 2 amide bonds. The van der Waals surface area contributed by atoms with Gasteiger partial charge < -0.3 is 19.4 Å². The van der Waals surface area contributed by atoms with Gasteiger partial charge in [-0.25, -0.2) is 0 Å². The Morgan fingerprint density at radius 2 is 2.07 bits per heavy atom. The minimum Gasteiger partial charge on any atom is -0.482 e. The van der Waals surface area contributed by atoms with E-state index in [-0.39, 0.29) is 24.5 Å². The summed E-state index contributed by atoms with van der Waals surface area (Å²) in [6, 6.07) is 9.49. The molecule has 0 bridgehead atoms. The summed E-state index contributed by atoms with van der Waals surface area (Å²) in [5.41, 5.74) is 1.18. The van der Waals surface area contributed by atoms with Crippen LogP contribution in [0.3, 0.4) is 0 Å². The van der Waals surface area contributed by atoms with Gasteiger partial charge in [0.25, 0.3) is 11.8 Å². The van der Waals surface area contributed by atoms with Gasteiger partial charge in [-0.1, -0.05) is 6.92 Å². The van der Waals surface area contributed by atoms with Crippen LogP contribution < -0.4 is 10.1 Å². The summed E-state index contributed by atoms with van der Waals surface area (Å²) in [6.45, 7) is 2.69. The first-order valence-corrected chi connectivity index (χ1v) is 9.55. The first-order chi connectivity index (χ1) is 13.1. The molecule has 0 spiro atoms. The van der Waals surface area contributed by atoms with E-state index in [4.69, 9.17) is 9.15 Å². The number of rotatable bonds is 5. The number of furan rings is 1. The Morgan fingerprint density at radius 3 is 2.81 bits per heavy atom. The van der Waals surface area contributed by atoms with Crippen molar-refractivity contribution >= 4 is 17.5 Å². The highest BCUT2D eigenvalue weighted by Crippen LogP contribution is 2.47. The van der Waals surface area contributed by atoms with Gasteiger partial charge in [-0.05, 0) is 55.5 Å². The zero-order valence-corrected chi connectivity index (χ0v) is 15.2. The van der Waals surface area contributed by atoms with Gasteiger partial charge in [-0.3, -0.25) is 9.59 Å². The Labute approximate surface area is 157 Å². The highest BCUT2D eigenvalue weighted by molar-refractivity contribution is 5.99. The quantitative estimate of drug-likeness (QED) is 0.879. The number of amides is 2. The smallest absolute Gasteiger partial charge is 0.262 e. The van der Waals surface area contributed by atoms with Crippen LogP contribution in [0.25, 0.3) is 0 Å². The van der Waals surface area contributed by atoms with Crippen LogP contribution in [0.1, 0.15) is 54.0 Å². The Hall–Kier alpha value is -2.76. The van der Waals surface area contributed by atoms with Gasteiger partial charge in [0, 0.05) is 17.5 Å². The molecule has 3 aliphatic rings. The summed E-state index contributed by atoms with van der Waals surface area (Å²) in [7, 11) is 0. The zero-order valence-electron chi connectivity index (χ0n) is 15.2. The lowest BCUT2D eigenvalue weighted by Gasteiger charge is -2.23. The molecule has 2 atom stereocenters. The number of carbonyl (C=O) groups excluding carboxylic acids is 2. The normalized spacial score (nSPS) is 23.2. The van der Waals surface area contributed by atoms with E-state index < -0.39 is 0 Å². The number of hydrogen-bond donors (Lipinski definition) is 1. The number of anilines is 1. The van der Waals surface area contributed by atoms with E-state index in [2.05, 4.69) is 18.3 Å². The van der Waals surface area contributed by atoms with Crippen molar-refractivity contribution in [3.05, 3.63) is 47.4 Å². The molecule has 2 aromatic rings. The summed E-state index contributed by atoms with van der Waals surface area (Å²) < 4.78 is 11.5. The number of nitrogens with one attached hydrogen (secondary N) is 1. The average molecular weight is 366 g/mol. The average Bonchev–Trinajstić information content (AvgIpc) is 3.59. The third kappa shape index (κ3) is 3.20. The highest BCUT2D eigenvalue weighted by atomic mass is 16.5. The topological polar surface area (TPSA) is 71.8 Å². The molecule has 0 saturated heterocycles. The molecule has 1 aliphatic heterocycles. The van der Waals surface area contributed by atoms with Gasteiger partial charge in [0.1, 0.15) is 17.3 Å². The minimum absolute atomic E-state index is 0.0221. The molecule has 1 N–H and O–H groups in total. The van der Waals surface area contributed by atoms with E-state index in [1.807, 2.05) is 11.0 Å². The number of carbonyl (C=O) groups is 2. The van der Waals surface area contributed by atoms with Gasteiger partial charge in [0.15, 0.2) is 6.61 Å². The van der Waals surface area contributed by atoms with Crippen molar-refractivity contribution in [2.75, 3.05) is 11.9 Å². The second-order valence-corrected chi connectivity index (χ2v) is 7.84. The first kappa shape index (κ1) is 16.4. The molecule has 6 heteroatoms. The van der Waals surface area contributed by atoms with Crippen LogP contribution in [-0.2, 0) is 11.3 Å². The molecular weight excluding hydrogens is 344 g/mol. The largest absolute Gasteiger partial charge is 0.482 e. The van der Waals surface area contributed by atoms with Gasteiger partial charge in [0.05, 0.1) is 12.2 Å². The number of benzene rings is 1. The third-order valence-corrected chi connectivity index (χ3v) is 5.59. The minimum atomic E-state index is -0.181. The first-order valence-electron chi connectivity index (χ1n) is 9.55. The summed E-state index contributed by atoms with van der Waals surface area (Å²) in [4.78, 5) is 26.4. The number of ether oxygens (including phenoxy) is 1. The van der Waals surface area contributed by atoms with E-state index in [1.165, 1.54) is 6.42 Å². The molecule has 140 valence electrons. The summed E-state index contributed by atoms with van der Waals surface area (Å²) >= 11 is 0. The predicted octanol–water partition coefficient (Wildman–Crippen LogP) is 3.54. The van der Waals surface area contributed by atoms with Gasteiger partial charge >= 0.3 is 0 Å². The predicted molar refractivity (Wildman–Crippen MR) is 98.7 cm³/mol. The SMILES string of the molecule is CC1CC1c1ccc(CN(C(=O)c2ccc3c(c2)OCC(=O)N3)C2CC2)o1. The van der Waals surface area contributed by atoms with E-state index in [0.29, 0.717) is 35.4 Å². The maximum absolute atomic E-state index is 13.1. The fraction of sp³-hybridized carbons (Fsp3) is 0.429. The van der Waals surface area contributed by atoms with Crippen molar-refractivity contribution in [2.24, 2.45) is 5.92 Å². The van der Waals surface area contributed by atoms with Crippen LogP contribution in [0.2, 0.25) is 0 Å². The Morgan fingerprint density at radius 1 is 1.26 bits per heavy atom. The Kier molecular flexibility index (Phi) is 3.74. The van der Waals surface area contributed by atoms with Crippen molar-refractivity contribution in [3.63, 3.8) is 0 Å². The van der Waals surface area contributed by atoms with Crippen molar-refractivity contribution < 1.29 is 18.7 Å². The van der Waals surface area contributed by atoms with Crippen LogP contribution in [-0.4, -0.2) is 29.4 Å². The molecule has 27 heavy (non-hydrogen) atoms. The van der Waals surface area contributed by atoms with Crippen LogP contribution in [0.5, 0.6) is 5.75 Å². The van der Waals surface area contributed by atoms with Crippen LogP contribution in [0.4, 0.5) is 5.69 Å². The third-order valence-electron chi connectivity index (χ3n) is 5.59. The lowest BCUT2D eigenvalue weighted by atomic mass is 10.1. The fourth-order valence-electron chi connectivity index (χ4n) is 3.69. The number of hydrogen-bond acceptors (Lipinski definition) is 4. The Bertz CT molecular complexity index is 915. The molecular formula is C21H22N2O4. The summed E-state index contributed by atoms with van der Waals surface area (Å²) in [5.74, 6) is 3.44. The van der Waals surface area contributed by atoms with Crippen molar-refractivity contribution in [2.45, 2.75) is 44.7 Å². The lowest BCUT2D eigenvalue weighted by molar-refractivity contribution is -0.118. The van der Waals surface area contributed by atoms with Crippen molar-refractivity contribution in [1.82, 2.24) is 4.90 Å². The summed E-state index contributed by atoms with van der Waals surface area (Å²) in [5, 5.41) is 2.75. The van der Waals surface area contributed by atoms with Crippen molar-refractivity contribution in [3.8, 4) is 5.75 Å². The second-order valence-electron chi connectivity index (χ2n) is 7.84. The van der Waals surface area contributed by atoms with Crippen LogP contribution >= 0.6 is 0 Å². The number of fused-ring (bicyclic) bond motifs is 1. The maximum Gasteiger partial charge on any atom is 0.262 e. The van der Waals surface area contributed by atoms with Gasteiger partial charge in [-0.15, -0.1) is 0 Å². The maximum atomic E-state index is 13.1. The van der Waals surface area contributed by atoms with E-state index in [9.17, 15) is 9.59 Å². The molecule has 1 aromatic heterocycles. The van der Waals surface area contributed by atoms with Crippen molar-refractivity contribution in [1.29, 1.82) is 0 Å². The monoisotopic (exact) mass is 366 g/mol. The molecule has 2 unspecified atom stereocenters. The van der Waals surface area contributed by atoms with E-state index in [1.54, 1.807) is 18.2 Å². The van der Waals surface area contributed by atoms with Crippen LogP contribution in [0, 0.1) is 5.92 Å². The second kappa shape index (κ2) is 6.15. The molecule has 5 rings (SSSR count). The molecule has 2 heterocycles. The zero-order chi connectivity index (χ0) is 18.5. The number of nitrogens with zero attached hydrogens (tertiary/aromatic N) is 1.